The lowest BCUT2D eigenvalue weighted by atomic mass is 10.1. The van der Waals surface area contributed by atoms with E-state index in [0.717, 1.165) is 0 Å². The summed E-state index contributed by atoms with van der Waals surface area (Å²) in [6.07, 6.45) is 0.729. The average Bonchev–Trinajstić information content (AvgIpc) is 2.73. The minimum Gasteiger partial charge on any atom is -0.449 e. The molecule has 0 bridgehead atoms. The Balaban J connectivity index is 1.84. The van der Waals surface area contributed by atoms with Gasteiger partial charge in [-0.1, -0.05) is 30.3 Å². The maximum Gasteiger partial charge on any atom is 0.294 e. The summed E-state index contributed by atoms with van der Waals surface area (Å²) in [7, 11) is 2.92. The van der Waals surface area contributed by atoms with Crippen LogP contribution in [0.4, 0.5) is 10.1 Å². The molecule has 7 nitrogen and oxygen atoms in total. The van der Waals surface area contributed by atoms with Gasteiger partial charge in [0.2, 0.25) is 5.91 Å². The molecule has 0 aromatic heterocycles. The lowest BCUT2D eigenvalue weighted by Crippen LogP contribution is -2.45. The van der Waals surface area contributed by atoms with E-state index in [9.17, 15) is 14.0 Å². The number of benzene rings is 2. The van der Waals surface area contributed by atoms with Crippen LogP contribution in [-0.2, 0) is 19.1 Å². The lowest BCUT2D eigenvalue weighted by Gasteiger charge is -2.30. The van der Waals surface area contributed by atoms with Gasteiger partial charge >= 0.3 is 0 Å². The predicted molar refractivity (Wildman–Crippen MR) is 105 cm³/mol. The van der Waals surface area contributed by atoms with E-state index in [1.54, 1.807) is 36.4 Å². The van der Waals surface area contributed by atoms with E-state index in [1.807, 2.05) is 0 Å². The highest BCUT2D eigenvalue weighted by atomic mass is 19.1. The SMILES string of the molecule is COC(CNC(=O)CN1C(=O)/C(=C/c2ccccc2F)Oc2ccccc21)OC. The van der Waals surface area contributed by atoms with Gasteiger partial charge in [0, 0.05) is 19.8 Å². The topological polar surface area (TPSA) is 77.1 Å². The zero-order valence-electron chi connectivity index (χ0n) is 16.1. The number of nitrogens with zero attached hydrogens (tertiary/aromatic N) is 1. The Morgan fingerprint density at radius 2 is 1.86 bits per heavy atom. The molecule has 1 N–H and O–H groups in total. The minimum atomic E-state index is -0.594. The molecule has 0 radical (unpaired) electrons. The summed E-state index contributed by atoms with van der Waals surface area (Å²) in [4.78, 5) is 26.6. The molecule has 8 heteroatoms. The number of nitrogens with one attached hydrogen (secondary N) is 1. The lowest BCUT2D eigenvalue weighted by molar-refractivity contribution is -0.127. The van der Waals surface area contributed by atoms with E-state index in [-0.39, 0.29) is 24.4 Å². The van der Waals surface area contributed by atoms with Crippen LogP contribution in [0.25, 0.3) is 6.08 Å². The van der Waals surface area contributed by atoms with Crippen molar-refractivity contribution in [1.29, 1.82) is 0 Å². The fourth-order valence-corrected chi connectivity index (χ4v) is 2.81. The van der Waals surface area contributed by atoms with Crippen molar-refractivity contribution in [1.82, 2.24) is 5.32 Å². The Labute approximate surface area is 167 Å². The number of rotatable bonds is 7. The van der Waals surface area contributed by atoms with E-state index in [4.69, 9.17) is 14.2 Å². The summed E-state index contributed by atoms with van der Waals surface area (Å²) < 4.78 is 29.7. The van der Waals surface area contributed by atoms with Crippen LogP contribution in [0.15, 0.2) is 54.3 Å². The van der Waals surface area contributed by atoms with Crippen molar-refractivity contribution in [3.63, 3.8) is 0 Å². The molecule has 29 heavy (non-hydrogen) atoms. The first kappa shape index (κ1) is 20.5. The molecular weight excluding hydrogens is 379 g/mol. The molecule has 1 heterocycles. The van der Waals surface area contributed by atoms with E-state index in [0.29, 0.717) is 11.4 Å². The zero-order chi connectivity index (χ0) is 20.8. The molecule has 2 amide bonds. The molecule has 1 aliphatic heterocycles. The molecule has 0 saturated carbocycles. The number of amides is 2. The van der Waals surface area contributed by atoms with Crippen molar-refractivity contribution in [2.24, 2.45) is 0 Å². The molecule has 3 rings (SSSR count). The van der Waals surface area contributed by atoms with E-state index < -0.39 is 23.9 Å². The van der Waals surface area contributed by atoms with E-state index in [2.05, 4.69) is 5.32 Å². The van der Waals surface area contributed by atoms with Gasteiger partial charge < -0.3 is 19.5 Å². The van der Waals surface area contributed by atoms with Crippen molar-refractivity contribution >= 4 is 23.6 Å². The van der Waals surface area contributed by atoms with Gasteiger partial charge in [-0.2, -0.15) is 0 Å². The van der Waals surface area contributed by atoms with Gasteiger partial charge in [-0.15, -0.1) is 0 Å². The third-order valence-electron chi connectivity index (χ3n) is 4.32. The Morgan fingerprint density at radius 3 is 2.59 bits per heavy atom. The summed E-state index contributed by atoms with van der Waals surface area (Å²) in [5.41, 5.74) is 0.663. The van der Waals surface area contributed by atoms with Gasteiger partial charge in [0.25, 0.3) is 5.91 Å². The van der Waals surface area contributed by atoms with Crippen LogP contribution in [0, 0.1) is 5.82 Å². The number of para-hydroxylation sites is 2. The quantitative estimate of drug-likeness (QED) is 0.570. The van der Waals surface area contributed by atoms with Crippen LogP contribution in [0.3, 0.4) is 0 Å². The van der Waals surface area contributed by atoms with Crippen molar-refractivity contribution in [2.75, 3.05) is 32.2 Å². The molecule has 0 unspecified atom stereocenters. The van der Waals surface area contributed by atoms with Gasteiger partial charge in [0.05, 0.1) is 12.2 Å². The number of halogens is 1. The monoisotopic (exact) mass is 400 g/mol. The Morgan fingerprint density at radius 1 is 1.17 bits per heavy atom. The highest BCUT2D eigenvalue weighted by molar-refractivity contribution is 6.12. The highest BCUT2D eigenvalue weighted by Gasteiger charge is 2.31. The molecule has 0 aliphatic carbocycles. The van der Waals surface area contributed by atoms with Crippen molar-refractivity contribution in [3.8, 4) is 5.75 Å². The third-order valence-corrected chi connectivity index (χ3v) is 4.32. The molecule has 152 valence electrons. The molecule has 0 fully saturated rings. The van der Waals surface area contributed by atoms with Crippen LogP contribution in [0.5, 0.6) is 5.75 Å². The maximum absolute atomic E-state index is 14.0. The van der Waals surface area contributed by atoms with Crippen molar-refractivity contribution < 1.29 is 28.2 Å². The normalized spacial score (nSPS) is 14.7. The van der Waals surface area contributed by atoms with Gasteiger partial charge in [0.15, 0.2) is 17.8 Å². The minimum absolute atomic E-state index is 0.0757. The van der Waals surface area contributed by atoms with Gasteiger partial charge in [-0.25, -0.2) is 4.39 Å². The number of hydrogen-bond acceptors (Lipinski definition) is 5. The number of carbonyl (C=O) groups excluding carboxylic acids is 2. The van der Waals surface area contributed by atoms with Gasteiger partial charge in [0.1, 0.15) is 12.4 Å². The first-order chi connectivity index (χ1) is 14.0. The summed E-state index contributed by atoms with van der Waals surface area (Å²) >= 11 is 0. The second-order valence-corrected chi connectivity index (χ2v) is 6.20. The molecule has 0 atom stereocenters. The summed E-state index contributed by atoms with van der Waals surface area (Å²) in [5.74, 6) is -1.11. The van der Waals surface area contributed by atoms with Crippen molar-refractivity contribution in [2.45, 2.75) is 6.29 Å². The first-order valence-electron chi connectivity index (χ1n) is 8.90. The number of ether oxygens (including phenoxy) is 3. The zero-order valence-corrected chi connectivity index (χ0v) is 16.1. The number of anilines is 1. The van der Waals surface area contributed by atoms with E-state index in [1.165, 1.54) is 37.3 Å². The molecule has 2 aromatic carbocycles. The average molecular weight is 400 g/mol. The largest absolute Gasteiger partial charge is 0.449 e. The van der Waals surface area contributed by atoms with Gasteiger partial charge in [-0.05, 0) is 24.3 Å². The predicted octanol–water partition coefficient (Wildman–Crippen LogP) is 2.33. The Kier molecular flexibility index (Phi) is 6.58. The molecule has 0 spiro atoms. The standard InChI is InChI=1S/C21H21FN2O5/c1-27-20(28-2)12-23-19(25)13-24-16-9-5-6-10-17(16)29-18(21(24)26)11-14-7-3-4-8-15(14)22/h3-11,20H,12-13H2,1-2H3,(H,23,25)/b18-11-. The fraction of sp³-hybridized carbons (Fsp3) is 0.238. The molecule has 1 aliphatic rings. The summed E-state index contributed by atoms with van der Waals surface area (Å²) in [5, 5.41) is 2.65. The number of carbonyl (C=O) groups is 2. The van der Waals surface area contributed by atoms with Crippen LogP contribution >= 0.6 is 0 Å². The van der Waals surface area contributed by atoms with E-state index >= 15 is 0 Å². The second-order valence-electron chi connectivity index (χ2n) is 6.20. The second kappa shape index (κ2) is 9.31. The third kappa shape index (κ3) is 4.79. The van der Waals surface area contributed by atoms with Crippen LogP contribution in [-0.4, -0.2) is 45.4 Å². The Bertz CT molecular complexity index is 927. The molecule has 0 saturated heterocycles. The van der Waals surface area contributed by atoms with Crippen molar-refractivity contribution in [3.05, 3.63) is 65.7 Å². The number of methoxy groups -OCH3 is 2. The maximum atomic E-state index is 14.0. The number of fused-ring (bicyclic) bond motifs is 1. The molecule has 2 aromatic rings. The summed E-state index contributed by atoms with van der Waals surface area (Å²) in [6.45, 7) is -0.113. The highest BCUT2D eigenvalue weighted by Crippen LogP contribution is 2.35. The first-order valence-corrected chi connectivity index (χ1v) is 8.90. The smallest absolute Gasteiger partial charge is 0.294 e. The molecular formula is C21H21FN2O5. The van der Waals surface area contributed by atoms with Crippen LogP contribution in [0.1, 0.15) is 5.56 Å². The van der Waals surface area contributed by atoms with Crippen LogP contribution < -0.4 is 15.0 Å². The summed E-state index contributed by atoms with van der Waals surface area (Å²) in [6, 6.07) is 12.9. The van der Waals surface area contributed by atoms with Gasteiger partial charge in [-0.3, -0.25) is 14.5 Å². The fourth-order valence-electron chi connectivity index (χ4n) is 2.81. The number of hydrogen-bond donors (Lipinski definition) is 1. The Hall–Kier alpha value is -3.23. The van der Waals surface area contributed by atoms with Crippen LogP contribution in [0.2, 0.25) is 0 Å².